The Hall–Kier alpha value is -2.70. The number of ether oxygens (including phenoxy) is 1. The molecule has 7 nitrogen and oxygen atoms in total. The number of nitrogens with zero attached hydrogens (tertiary/aromatic N) is 1. The van der Waals surface area contributed by atoms with Crippen molar-refractivity contribution < 1.29 is 23.9 Å². The molecule has 0 radical (unpaired) electrons. The van der Waals surface area contributed by atoms with Gasteiger partial charge in [0, 0.05) is 5.56 Å². The van der Waals surface area contributed by atoms with E-state index in [1.165, 1.54) is 0 Å². The van der Waals surface area contributed by atoms with Gasteiger partial charge in [-0.25, -0.2) is 4.79 Å². The third-order valence-corrected chi connectivity index (χ3v) is 5.04. The molecule has 3 amide bonds. The van der Waals surface area contributed by atoms with Crippen molar-refractivity contribution in [3.63, 3.8) is 0 Å². The molecule has 0 aromatic heterocycles. The first-order chi connectivity index (χ1) is 12.2. The second-order valence-electron chi connectivity index (χ2n) is 7.20. The minimum atomic E-state index is -0.939. The number of amides is 3. The van der Waals surface area contributed by atoms with Crippen molar-refractivity contribution in [1.29, 1.82) is 0 Å². The molecule has 1 aromatic rings. The minimum absolute atomic E-state index is 0.117. The molecule has 1 aliphatic carbocycles. The molecular formula is C19H22N2O5. The minimum Gasteiger partial charge on any atom is -0.456 e. The summed E-state index contributed by atoms with van der Waals surface area (Å²) in [4.78, 5) is 49.6. The second kappa shape index (κ2) is 6.55. The summed E-state index contributed by atoms with van der Waals surface area (Å²) in [5.74, 6) is -1.40. The molecule has 0 spiro atoms. The van der Waals surface area contributed by atoms with Gasteiger partial charge in [-0.15, -0.1) is 0 Å². The summed E-state index contributed by atoms with van der Waals surface area (Å²) in [7, 11) is 0. The fraction of sp³-hybridized carbons (Fsp3) is 0.474. The standard InChI is InChI=1S/C19H22N2O5/c1-11-4-5-12(2)14(8-11)15(22)10-26-16(23)9-21-17(24)19(3,13-6-7-13)20-18(21)25/h4-5,8,13H,6-7,9-10H2,1-3H3,(H,20,25). The molecule has 138 valence electrons. The van der Waals surface area contributed by atoms with Crippen molar-refractivity contribution in [2.75, 3.05) is 13.2 Å². The molecule has 1 atom stereocenters. The number of aryl methyl sites for hydroxylation is 2. The average Bonchev–Trinajstić information content (AvgIpc) is 3.41. The highest BCUT2D eigenvalue weighted by Crippen LogP contribution is 2.42. The Kier molecular flexibility index (Phi) is 4.56. The number of hydrogen-bond donors (Lipinski definition) is 1. The first-order valence-corrected chi connectivity index (χ1v) is 8.62. The van der Waals surface area contributed by atoms with Crippen LogP contribution in [0.15, 0.2) is 18.2 Å². The van der Waals surface area contributed by atoms with Gasteiger partial charge in [0.05, 0.1) is 0 Å². The van der Waals surface area contributed by atoms with Crippen molar-refractivity contribution in [3.05, 3.63) is 34.9 Å². The van der Waals surface area contributed by atoms with Crippen LogP contribution in [0.5, 0.6) is 0 Å². The summed E-state index contributed by atoms with van der Waals surface area (Å²) in [6, 6.07) is 4.87. The molecule has 2 fully saturated rings. The van der Waals surface area contributed by atoms with Gasteiger partial charge in [0.25, 0.3) is 5.91 Å². The molecule has 1 aliphatic heterocycles. The molecule has 26 heavy (non-hydrogen) atoms. The Morgan fingerprint density at radius 2 is 1.96 bits per heavy atom. The number of Topliss-reactive ketones (excluding diaryl/α,β-unsaturated/α-hetero) is 1. The largest absolute Gasteiger partial charge is 0.456 e. The first-order valence-electron chi connectivity index (χ1n) is 8.62. The third-order valence-electron chi connectivity index (χ3n) is 5.04. The van der Waals surface area contributed by atoms with Crippen LogP contribution in [0.1, 0.15) is 41.3 Å². The zero-order valence-electron chi connectivity index (χ0n) is 15.1. The zero-order chi connectivity index (χ0) is 19.1. The van der Waals surface area contributed by atoms with Crippen molar-refractivity contribution in [1.82, 2.24) is 10.2 Å². The highest BCUT2D eigenvalue weighted by molar-refractivity contribution is 6.09. The van der Waals surface area contributed by atoms with Gasteiger partial charge in [-0.2, -0.15) is 0 Å². The van der Waals surface area contributed by atoms with Crippen LogP contribution in [0.3, 0.4) is 0 Å². The van der Waals surface area contributed by atoms with Crippen LogP contribution >= 0.6 is 0 Å². The van der Waals surface area contributed by atoms with E-state index in [-0.39, 0.29) is 11.7 Å². The third kappa shape index (κ3) is 3.34. The van der Waals surface area contributed by atoms with Crippen LogP contribution in [-0.2, 0) is 14.3 Å². The Bertz CT molecular complexity index is 799. The lowest BCUT2D eigenvalue weighted by Gasteiger charge is -2.20. The lowest BCUT2D eigenvalue weighted by Crippen LogP contribution is -2.46. The molecule has 1 N–H and O–H groups in total. The van der Waals surface area contributed by atoms with E-state index in [0.717, 1.165) is 28.9 Å². The van der Waals surface area contributed by atoms with Crippen LogP contribution in [-0.4, -0.2) is 47.3 Å². The number of rotatable bonds is 6. The van der Waals surface area contributed by atoms with Crippen LogP contribution < -0.4 is 5.32 Å². The zero-order valence-corrected chi connectivity index (χ0v) is 15.1. The second-order valence-corrected chi connectivity index (χ2v) is 7.20. The van der Waals surface area contributed by atoms with Crippen LogP contribution in [0.2, 0.25) is 0 Å². The topological polar surface area (TPSA) is 92.8 Å². The number of carbonyl (C=O) groups excluding carboxylic acids is 4. The molecule has 0 bridgehead atoms. The first kappa shape index (κ1) is 18.1. The molecule has 1 unspecified atom stereocenters. The molecular weight excluding hydrogens is 336 g/mol. The van der Waals surface area contributed by atoms with E-state index in [4.69, 9.17) is 4.74 Å². The van der Waals surface area contributed by atoms with E-state index in [0.29, 0.717) is 5.56 Å². The van der Waals surface area contributed by atoms with E-state index in [1.54, 1.807) is 19.9 Å². The van der Waals surface area contributed by atoms with E-state index >= 15 is 0 Å². The molecule has 7 heteroatoms. The van der Waals surface area contributed by atoms with Gasteiger partial charge in [-0.1, -0.05) is 17.7 Å². The van der Waals surface area contributed by atoms with E-state index in [1.807, 2.05) is 19.1 Å². The molecule has 2 aliphatic rings. The fourth-order valence-electron chi connectivity index (χ4n) is 3.23. The van der Waals surface area contributed by atoms with Gasteiger partial charge in [0.2, 0.25) is 5.78 Å². The van der Waals surface area contributed by atoms with E-state index in [9.17, 15) is 19.2 Å². The maximum Gasteiger partial charge on any atom is 0.326 e. The highest BCUT2D eigenvalue weighted by atomic mass is 16.5. The van der Waals surface area contributed by atoms with Crippen molar-refractivity contribution in [3.8, 4) is 0 Å². The monoisotopic (exact) mass is 358 g/mol. The number of urea groups is 1. The molecule has 1 heterocycles. The molecule has 1 saturated heterocycles. The quantitative estimate of drug-likeness (QED) is 0.475. The van der Waals surface area contributed by atoms with Gasteiger partial charge in [0.1, 0.15) is 12.1 Å². The van der Waals surface area contributed by atoms with Gasteiger partial charge < -0.3 is 10.1 Å². The van der Waals surface area contributed by atoms with Crippen LogP contribution in [0.25, 0.3) is 0 Å². The number of hydrogen-bond acceptors (Lipinski definition) is 5. The fourth-order valence-corrected chi connectivity index (χ4v) is 3.23. The summed E-state index contributed by atoms with van der Waals surface area (Å²) >= 11 is 0. The van der Waals surface area contributed by atoms with Crippen LogP contribution in [0.4, 0.5) is 4.79 Å². The highest BCUT2D eigenvalue weighted by Gasteiger charge is 2.56. The smallest absolute Gasteiger partial charge is 0.326 e. The summed E-state index contributed by atoms with van der Waals surface area (Å²) in [6.45, 7) is 4.44. The van der Waals surface area contributed by atoms with Gasteiger partial charge >= 0.3 is 12.0 Å². The number of imide groups is 1. The summed E-state index contributed by atoms with van der Waals surface area (Å²) in [5.41, 5.74) is 1.29. The normalized spacial score (nSPS) is 22.3. The van der Waals surface area contributed by atoms with Crippen LogP contribution in [0, 0.1) is 19.8 Å². The van der Waals surface area contributed by atoms with Gasteiger partial charge in [0.15, 0.2) is 6.61 Å². The van der Waals surface area contributed by atoms with Crippen molar-refractivity contribution in [2.24, 2.45) is 5.92 Å². The predicted octanol–water partition coefficient (Wildman–Crippen LogP) is 1.75. The molecule has 3 rings (SSSR count). The number of benzene rings is 1. The lowest BCUT2D eigenvalue weighted by molar-refractivity contribution is -0.146. The van der Waals surface area contributed by atoms with E-state index < -0.39 is 36.6 Å². The van der Waals surface area contributed by atoms with E-state index in [2.05, 4.69) is 5.32 Å². The Morgan fingerprint density at radius 3 is 2.62 bits per heavy atom. The molecule has 1 aromatic carbocycles. The summed E-state index contributed by atoms with van der Waals surface area (Å²) in [5, 5.41) is 2.66. The lowest BCUT2D eigenvalue weighted by atomic mass is 9.96. The maximum absolute atomic E-state index is 12.5. The number of esters is 1. The van der Waals surface area contributed by atoms with Crippen molar-refractivity contribution >= 4 is 23.7 Å². The van der Waals surface area contributed by atoms with Crippen molar-refractivity contribution in [2.45, 2.75) is 39.2 Å². The predicted molar refractivity (Wildman–Crippen MR) is 92.6 cm³/mol. The van der Waals surface area contributed by atoms with Gasteiger partial charge in [-0.3, -0.25) is 19.3 Å². The number of nitrogens with one attached hydrogen (secondary N) is 1. The Balaban J connectivity index is 1.57. The summed E-state index contributed by atoms with van der Waals surface area (Å²) < 4.78 is 4.99. The number of carbonyl (C=O) groups is 4. The maximum atomic E-state index is 12.5. The SMILES string of the molecule is Cc1ccc(C)c(C(=O)COC(=O)CN2C(=O)NC(C)(C3CC3)C2=O)c1. The average molecular weight is 358 g/mol. The number of ketones is 1. The Labute approximate surface area is 151 Å². The molecule has 1 saturated carbocycles. The van der Waals surface area contributed by atoms with Gasteiger partial charge in [-0.05, 0) is 51.2 Å². The summed E-state index contributed by atoms with van der Waals surface area (Å²) in [6.07, 6.45) is 1.76. The Morgan fingerprint density at radius 1 is 1.27 bits per heavy atom.